The lowest BCUT2D eigenvalue weighted by Gasteiger charge is -2.10. The second kappa shape index (κ2) is 6.48. The standard InChI is InChI=1S/C20H18N4O2/c1-3-4-10-24-12-17(16-8-9-21-18(16)20(24)25)14-6-5-7-15(11-14)19-23-22-13(2)26-19/h3,5-9,11-12,21H,1,4,10H2,2H3. The van der Waals surface area contributed by atoms with Gasteiger partial charge in [0, 0.05) is 42.4 Å². The van der Waals surface area contributed by atoms with Gasteiger partial charge in [-0.2, -0.15) is 0 Å². The number of pyridine rings is 1. The molecule has 0 amide bonds. The molecule has 0 spiro atoms. The molecule has 130 valence electrons. The summed E-state index contributed by atoms with van der Waals surface area (Å²) >= 11 is 0. The zero-order chi connectivity index (χ0) is 18.1. The van der Waals surface area contributed by atoms with E-state index in [1.165, 1.54) is 0 Å². The predicted molar refractivity (Wildman–Crippen MR) is 101 cm³/mol. The number of nitrogens with zero attached hydrogens (tertiary/aromatic N) is 3. The Balaban J connectivity index is 1.88. The summed E-state index contributed by atoms with van der Waals surface area (Å²) in [5.74, 6) is 1.01. The van der Waals surface area contributed by atoms with E-state index in [1.807, 2.05) is 42.6 Å². The molecule has 4 rings (SSSR count). The molecule has 0 atom stereocenters. The van der Waals surface area contributed by atoms with Crippen LogP contribution >= 0.6 is 0 Å². The summed E-state index contributed by atoms with van der Waals surface area (Å²) in [4.78, 5) is 15.7. The predicted octanol–water partition coefficient (Wildman–Crippen LogP) is 3.93. The van der Waals surface area contributed by atoms with E-state index in [0.717, 1.165) is 28.5 Å². The first-order valence-electron chi connectivity index (χ1n) is 8.39. The van der Waals surface area contributed by atoms with Crippen molar-refractivity contribution >= 4 is 10.9 Å². The largest absolute Gasteiger partial charge is 0.421 e. The minimum atomic E-state index is -0.0284. The molecule has 0 bridgehead atoms. The smallest absolute Gasteiger partial charge is 0.274 e. The lowest BCUT2D eigenvalue weighted by molar-refractivity contribution is 0.533. The highest BCUT2D eigenvalue weighted by Crippen LogP contribution is 2.30. The Hall–Kier alpha value is -3.41. The Morgan fingerprint density at radius 3 is 2.88 bits per heavy atom. The molecule has 6 nitrogen and oxygen atoms in total. The summed E-state index contributed by atoms with van der Waals surface area (Å²) in [5, 5.41) is 8.87. The third kappa shape index (κ3) is 2.75. The molecular weight excluding hydrogens is 328 g/mol. The van der Waals surface area contributed by atoms with Gasteiger partial charge in [-0.25, -0.2) is 0 Å². The lowest BCUT2D eigenvalue weighted by Crippen LogP contribution is -2.20. The molecule has 6 heteroatoms. The first-order chi connectivity index (χ1) is 12.7. The fraction of sp³-hybridized carbons (Fsp3) is 0.150. The number of benzene rings is 1. The van der Waals surface area contributed by atoms with E-state index in [9.17, 15) is 4.79 Å². The number of hydrogen-bond acceptors (Lipinski definition) is 4. The van der Waals surface area contributed by atoms with Gasteiger partial charge in [-0.15, -0.1) is 16.8 Å². The van der Waals surface area contributed by atoms with Crippen LogP contribution in [0.2, 0.25) is 0 Å². The van der Waals surface area contributed by atoms with Crippen LogP contribution in [0.5, 0.6) is 0 Å². The van der Waals surface area contributed by atoms with E-state index in [-0.39, 0.29) is 5.56 Å². The average Bonchev–Trinajstić information content (AvgIpc) is 3.31. The van der Waals surface area contributed by atoms with E-state index in [1.54, 1.807) is 17.7 Å². The van der Waals surface area contributed by atoms with Gasteiger partial charge >= 0.3 is 0 Å². The van der Waals surface area contributed by atoms with Crippen LogP contribution in [0, 0.1) is 6.92 Å². The Labute approximate surface area is 149 Å². The summed E-state index contributed by atoms with van der Waals surface area (Å²) in [6.45, 7) is 6.09. The maximum atomic E-state index is 12.6. The summed E-state index contributed by atoms with van der Waals surface area (Å²) in [7, 11) is 0. The Morgan fingerprint density at radius 1 is 1.27 bits per heavy atom. The van der Waals surface area contributed by atoms with Gasteiger partial charge in [-0.1, -0.05) is 18.2 Å². The van der Waals surface area contributed by atoms with Crippen LogP contribution in [-0.2, 0) is 6.54 Å². The first-order valence-corrected chi connectivity index (χ1v) is 8.39. The molecule has 3 heterocycles. The highest BCUT2D eigenvalue weighted by Gasteiger charge is 2.13. The van der Waals surface area contributed by atoms with Crippen molar-refractivity contribution in [3.05, 3.63) is 71.6 Å². The molecule has 0 radical (unpaired) electrons. The van der Waals surface area contributed by atoms with Crippen LogP contribution in [-0.4, -0.2) is 19.7 Å². The van der Waals surface area contributed by atoms with Gasteiger partial charge in [-0.3, -0.25) is 4.79 Å². The minimum absolute atomic E-state index is 0.0284. The van der Waals surface area contributed by atoms with Crippen molar-refractivity contribution in [1.82, 2.24) is 19.7 Å². The zero-order valence-electron chi connectivity index (χ0n) is 14.4. The van der Waals surface area contributed by atoms with Crippen LogP contribution in [0.15, 0.2) is 64.6 Å². The van der Waals surface area contributed by atoms with Gasteiger partial charge in [0.2, 0.25) is 11.8 Å². The molecule has 0 fully saturated rings. The molecule has 0 unspecified atom stereocenters. The number of aromatic nitrogens is 4. The molecule has 0 aliphatic heterocycles. The van der Waals surface area contributed by atoms with E-state index in [0.29, 0.717) is 23.8 Å². The van der Waals surface area contributed by atoms with Crippen molar-refractivity contribution in [1.29, 1.82) is 0 Å². The van der Waals surface area contributed by atoms with Crippen LogP contribution in [0.3, 0.4) is 0 Å². The number of aromatic amines is 1. The molecule has 0 saturated heterocycles. The van der Waals surface area contributed by atoms with Crippen molar-refractivity contribution in [3.8, 4) is 22.6 Å². The van der Waals surface area contributed by atoms with Crippen LogP contribution in [0.25, 0.3) is 33.5 Å². The molecule has 0 saturated carbocycles. The fourth-order valence-electron chi connectivity index (χ4n) is 3.06. The van der Waals surface area contributed by atoms with Gasteiger partial charge < -0.3 is 14.0 Å². The van der Waals surface area contributed by atoms with Crippen LogP contribution in [0.4, 0.5) is 0 Å². The molecule has 4 aromatic rings. The number of allylic oxidation sites excluding steroid dienone is 1. The van der Waals surface area contributed by atoms with Crippen LogP contribution < -0.4 is 5.56 Å². The molecule has 1 N–H and O–H groups in total. The number of hydrogen-bond donors (Lipinski definition) is 1. The quantitative estimate of drug-likeness (QED) is 0.556. The highest BCUT2D eigenvalue weighted by atomic mass is 16.4. The average molecular weight is 346 g/mol. The van der Waals surface area contributed by atoms with Gasteiger partial charge in [0.25, 0.3) is 5.56 Å². The van der Waals surface area contributed by atoms with Gasteiger partial charge in [0.1, 0.15) is 5.52 Å². The summed E-state index contributed by atoms with van der Waals surface area (Å²) in [5.41, 5.74) is 3.37. The first kappa shape index (κ1) is 16.1. The number of H-pyrrole nitrogens is 1. The van der Waals surface area contributed by atoms with Gasteiger partial charge in [0.15, 0.2) is 0 Å². The maximum absolute atomic E-state index is 12.6. The molecular formula is C20H18N4O2. The third-order valence-corrected chi connectivity index (χ3v) is 4.32. The fourth-order valence-corrected chi connectivity index (χ4v) is 3.06. The number of rotatable bonds is 5. The van der Waals surface area contributed by atoms with Crippen molar-refractivity contribution in [2.75, 3.05) is 0 Å². The number of aryl methyl sites for hydroxylation is 2. The van der Waals surface area contributed by atoms with E-state index in [2.05, 4.69) is 21.8 Å². The second-order valence-corrected chi connectivity index (χ2v) is 6.09. The highest BCUT2D eigenvalue weighted by molar-refractivity contribution is 5.94. The second-order valence-electron chi connectivity index (χ2n) is 6.09. The summed E-state index contributed by atoms with van der Waals surface area (Å²) in [6.07, 6.45) is 6.23. The van der Waals surface area contributed by atoms with Gasteiger partial charge in [0.05, 0.1) is 0 Å². The Bertz CT molecular complexity index is 1150. The molecule has 3 aromatic heterocycles. The topological polar surface area (TPSA) is 76.7 Å². The van der Waals surface area contributed by atoms with Crippen molar-refractivity contribution in [3.63, 3.8) is 0 Å². The maximum Gasteiger partial charge on any atom is 0.274 e. The van der Waals surface area contributed by atoms with E-state index < -0.39 is 0 Å². The lowest BCUT2D eigenvalue weighted by atomic mass is 10.0. The zero-order valence-corrected chi connectivity index (χ0v) is 14.4. The minimum Gasteiger partial charge on any atom is -0.421 e. The van der Waals surface area contributed by atoms with Crippen molar-refractivity contribution in [2.24, 2.45) is 0 Å². The van der Waals surface area contributed by atoms with Gasteiger partial charge in [-0.05, 0) is 30.2 Å². The van der Waals surface area contributed by atoms with Crippen LogP contribution in [0.1, 0.15) is 12.3 Å². The van der Waals surface area contributed by atoms with E-state index >= 15 is 0 Å². The van der Waals surface area contributed by atoms with E-state index in [4.69, 9.17) is 4.42 Å². The summed E-state index contributed by atoms with van der Waals surface area (Å²) in [6, 6.07) is 9.81. The molecule has 0 aliphatic rings. The normalized spacial score (nSPS) is 11.1. The number of fused-ring (bicyclic) bond motifs is 1. The Morgan fingerprint density at radius 2 is 2.12 bits per heavy atom. The van der Waals surface area contributed by atoms with Crippen molar-refractivity contribution < 1.29 is 4.42 Å². The summed E-state index contributed by atoms with van der Waals surface area (Å²) < 4.78 is 7.26. The van der Waals surface area contributed by atoms with Crippen molar-refractivity contribution in [2.45, 2.75) is 19.9 Å². The monoisotopic (exact) mass is 346 g/mol. The number of nitrogens with one attached hydrogen (secondary N) is 1. The Kier molecular flexibility index (Phi) is 4.01. The molecule has 26 heavy (non-hydrogen) atoms. The third-order valence-electron chi connectivity index (χ3n) is 4.32. The SMILES string of the molecule is C=CCCn1cc(-c2cccc(-c3nnc(C)o3)c2)c2cc[nH]c2c1=O. The molecule has 0 aliphatic carbocycles. The molecule has 1 aromatic carbocycles.